The fraction of sp³-hybridized carbons (Fsp3) is 1.00. The van der Waals surface area contributed by atoms with Crippen molar-refractivity contribution in [3.63, 3.8) is 0 Å². The van der Waals surface area contributed by atoms with E-state index >= 15 is 0 Å². The SMILES string of the molecule is CCC(Cl)(Cl)SC(Cl)(Cl)CC. The van der Waals surface area contributed by atoms with E-state index in [1.165, 1.54) is 11.8 Å². The summed E-state index contributed by atoms with van der Waals surface area (Å²) in [7, 11) is 0. The van der Waals surface area contributed by atoms with Crippen molar-refractivity contribution in [1.29, 1.82) is 0 Å². The lowest BCUT2D eigenvalue weighted by atomic mass is 10.6. The maximum Gasteiger partial charge on any atom is 0.165 e. The number of hydrogen-bond donors (Lipinski definition) is 0. The highest BCUT2D eigenvalue weighted by atomic mass is 35.5. The zero-order chi connectivity index (χ0) is 9.12. The molecule has 0 amide bonds. The summed E-state index contributed by atoms with van der Waals surface area (Å²) in [5, 5.41) is 0. The topological polar surface area (TPSA) is 0 Å². The highest BCUT2D eigenvalue weighted by molar-refractivity contribution is 8.06. The third-order valence-corrected chi connectivity index (χ3v) is 4.29. The number of hydrogen-bond acceptors (Lipinski definition) is 1. The Morgan fingerprint density at radius 2 is 1.18 bits per heavy atom. The van der Waals surface area contributed by atoms with Gasteiger partial charge in [0.1, 0.15) is 0 Å². The lowest BCUT2D eigenvalue weighted by molar-refractivity contribution is 0.941. The van der Waals surface area contributed by atoms with Crippen molar-refractivity contribution >= 4 is 58.2 Å². The van der Waals surface area contributed by atoms with E-state index in [0.717, 1.165) is 0 Å². The molecule has 0 heterocycles. The molecule has 0 atom stereocenters. The molecular formula is C6H10Cl4S. The largest absolute Gasteiger partial charge is 0.165 e. The van der Waals surface area contributed by atoms with Crippen LogP contribution in [0.2, 0.25) is 0 Å². The molecule has 0 saturated carbocycles. The van der Waals surface area contributed by atoms with E-state index in [4.69, 9.17) is 46.4 Å². The second kappa shape index (κ2) is 4.66. The Morgan fingerprint density at radius 3 is 1.36 bits per heavy atom. The number of thioether (sulfide) groups is 1. The minimum atomic E-state index is -0.875. The van der Waals surface area contributed by atoms with E-state index < -0.39 is 7.33 Å². The van der Waals surface area contributed by atoms with Crippen LogP contribution in [0.25, 0.3) is 0 Å². The van der Waals surface area contributed by atoms with Crippen molar-refractivity contribution in [3.05, 3.63) is 0 Å². The molecule has 0 radical (unpaired) electrons. The Bertz CT molecular complexity index is 110. The molecule has 0 spiro atoms. The zero-order valence-corrected chi connectivity index (χ0v) is 10.2. The van der Waals surface area contributed by atoms with Gasteiger partial charge in [0.15, 0.2) is 7.33 Å². The molecule has 11 heavy (non-hydrogen) atoms. The van der Waals surface area contributed by atoms with Gasteiger partial charge in [-0.15, -0.1) is 0 Å². The van der Waals surface area contributed by atoms with Gasteiger partial charge in [0.05, 0.1) is 0 Å². The molecule has 0 bridgehead atoms. The average molecular weight is 256 g/mol. The Balaban J connectivity index is 4.02. The molecule has 0 N–H and O–H groups in total. The van der Waals surface area contributed by atoms with Crippen molar-refractivity contribution in [3.8, 4) is 0 Å². The third kappa shape index (κ3) is 5.70. The lowest BCUT2D eigenvalue weighted by Gasteiger charge is -2.25. The van der Waals surface area contributed by atoms with E-state index in [2.05, 4.69) is 0 Å². The van der Waals surface area contributed by atoms with Crippen molar-refractivity contribution < 1.29 is 0 Å². The summed E-state index contributed by atoms with van der Waals surface area (Å²) < 4.78 is -1.75. The van der Waals surface area contributed by atoms with Crippen LogP contribution in [0.5, 0.6) is 0 Å². The molecule has 0 aromatic rings. The summed E-state index contributed by atoms with van der Waals surface area (Å²) >= 11 is 24.5. The van der Waals surface area contributed by atoms with Gasteiger partial charge >= 0.3 is 0 Å². The van der Waals surface area contributed by atoms with Gasteiger partial charge < -0.3 is 0 Å². The minimum Gasteiger partial charge on any atom is -0.0893 e. The summed E-state index contributed by atoms with van der Waals surface area (Å²) in [6.07, 6.45) is 1.23. The molecule has 5 heteroatoms. The molecule has 0 aromatic carbocycles. The second-order valence-corrected chi connectivity index (χ2v) is 7.55. The first-order valence-electron chi connectivity index (χ1n) is 3.29. The van der Waals surface area contributed by atoms with Gasteiger partial charge in [0.25, 0.3) is 0 Å². The van der Waals surface area contributed by atoms with Crippen LogP contribution in [0.3, 0.4) is 0 Å². The van der Waals surface area contributed by atoms with E-state index in [9.17, 15) is 0 Å². The van der Waals surface area contributed by atoms with Crippen molar-refractivity contribution in [2.24, 2.45) is 0 Å². The molecule has 0 aliphatic carbocycles. The van der Waals surface area contributed by atoms with Crippen LogP contribution in [0.1, 0.15) is 26.7 Å². The first kappa shape index (κ1) is 12.5. The van der Waals surface area contributed by atoms with Crippen LogP contribution >= 0.6 is 58.2 Å². The Labute approximate surface area is 91.9 Å². The standard InChI is InChI=1S/C6H10Cl4S/c1-3-5(7,8)11-6(9,10)4-2/h3-4H2,1-2H3. The summed E-state index contributed by atoms with van der Waals surface area (Å²) in [5.41, 5.74) is 0. The molecule has 0 aromatic heterocycles. The fourth-order valence-corrected chi connectivity index (χ4v) is 3.14. The van der Waals surface area contributed by atoms with Crippen LogP contribution in [-0.4, -0.2) is 7.33 Å². The zero-order valence-electron chi connectivity index (χ0n) is 6.33. The molecule has 0 aliphatic rings. The quantitative estimate of drug-likeness (QED) is 0.651. The van der Waals surface area contributed by atoms with Gasteiger partial charge in [0.2, 0.25) is 0 Å². The summed E-state index contributed by atoms with van der Waals surface area (Å²) in [4.78, 5) is 0. The highest BCUT2D eigenvalue weighted by Gasteiger charge is 2.34. The van der Waals surface area contributed by atoms with Crippen molar-refractivity contribution in [1.82, 2.24) is 0 Å². The maximum atomic E-state index is 5.84. The van der Waals surface area contributed by atoms with Crippen LogP contribution in [0.4, 0.5) is 0 Å². The fourth-order valence-electron chi connectivity index (χ4n) is 0.363. The van der Waals surface area contributed by atoms with Gasteiger partial charge in [-0.2, -0.15) is 0 Å². The van der Waals surface area contributed by atoms with Crippen LogP contribution in [0, 0.1) is 0 Å². The third-order valence-electron chi connectivity index (χ3n) is 1.12. The molecule has 0 aliphatic heterocycles. The van der Waals surface area contributed by atoms with Gasteiger partial charge in [-0.1, -0.05) is 72.0 Å². The maximum absolute atomic E-state index is 5.84. The average Bonchev–Trinajstić information content (AvgIpc) is 1.86. The van der Waals surface area contributed by atoms with Gasteiger partial charge in [-0.25, -0.2) is 0 Å². The lowest BCUT2D eigenvalue weighted by Crippen LogP contribution is -2.16. The van der Waals surface area contributed by atoms with Gasteiger partial charge in [-0.3, -0.25) is 0 Å². The highest BCUT2D eigenvalue weighted by Crippen LogP contribution is 2.50. The van der Waals surface area contributed by atoms with Crippen molar-refractivity contribution in [2.45, 2.75) is 34.0 Å². The molecule has 0 nitrogen and oxygen atoms in total. The predicted molar refractivity (Wildman–Crippen MR) is 57.0 cm³/mol. The Kier molecular flexibility index (Phi) is 5.30. The molecule has 0 unspecified atom stereocenters. The van der Waals surface area contributed by atoms with Crippen LogP contribution < -0.4 is 0 Å². The van der Waals surface area contributed by atoms with E-state index in [1.807, 2.05) is 13.8 Å². The first-order chi connectivity index (χ1) is 4.83. The van der Waals surface area contributed by atoms with Gasteiger partial charge in [0, 0.05) is 0 Å². The number of halogens is 4. The number of alkyl halides is 4. The van der Waals surface area contributed by atoms with E-state index in [1.54, 1.807) is 0 Å². The Morgan fingerprint density at radius 1 is 0.909 bits per heavy atom. The molecular weight excluding hydrogens is 246 g/mol. The van der Waals surface area contributed by atoms with E-state index in [0.29, 0.717) is 12.8 Å². The predicted octanol–water partition coefficient (Wildman–Crippen LogP) is 4.80. The molecule has 0 fully saturated rings. The number of rotatable bonds is 4. The monoisotopic (exact) mass is 254 g/mol. The van der Waals surface area contributed by atoms with Gasteiger partial charge in [-0.05, 0) is 12.8 Å². The summed E-state index contributed by atoms with van der Waals surface area (Å²) in [6.45, 7) is 3.76. The normalized spacial score (nSPS) is 13.6. The van der Waals surface area contributed by atoms with E-state index in [-0.39, 0.29) is 0 Å². The molecule has 0 saturated heterocycles. The van der Waals surface area contributed by atoms with Crippen molar-refractivity contribution in [2.75, 3.05) is 0 Å². The smallest absolute Gasteiger partial charge is 0.0893 e. The molecule has 68 valence electrons. The first-order valence-corrected chi connectivity index (χ1v) is 5.61. The summed E-state index contributed by atoms with van der Waals surface area (Å²) in [5.74, 6) is 0. The van der Waals surface area contributed by atoms with Crippen LogP contribution in [0.15, 0.2) is 0 Å². The molecule has 0 rings (SSSR count). The minimum absolute atomic E-state index is 0.613. The van der Waals surface area contributed by atoms with Crippen LogP contribution in [-0.2, 0) is 0 Å². The summed E-state index contributed by atoms with van der Waals surface area (Å²) in [6, 6.07) is 0. The second-order valence-electron chi connectivity index (χ2n) is 2.08. The Hall–Kier alpha value is 1.51.